The van der Waals surface area contributed by atoms with Crippen LogP contribution < -0.4 is 5.32 Å². The van der Waals surface area contributed by atoms with Crippen LogP contribution in [0.1, 0.15) is 38.8 Å². The molecule has 0 aliphatic heterocycles. The summed E-state index contributed by atoms with van der Waals surface area (Å²) in [6.45, 7) is 7.52. The Balaban J connectivity index is 2.82. The van der Waals surface area contributed by atoms with Gasteiger partial charge in [0, 0.05) is 6.04 Å². The molecule has 1 rings (SSSR count). The highest BCUT2D eigenvalue weighted by atomic mass is 35.5. The lowest BCUT2D eigenvalue weighted by molar-refractivity contribution is 0.465. The molecule has 1 atom stereocenters. The van der Waals surface area contributed by atoms with E-state index >= 15 is 0 Å². The lowest BCUT2D eigenvalue weighted by Crippen LogP contribution is -2.25. The lowest BCUT2D eigenvalue weighted by Gasteiger charge is -2.20. The first-order valence-corrected chi connectivity index (χ1v) is 6.49. The summed E-state index contributed by atoms with van der Waals surface area (Å²) in [6.07, 6.45) is 1.01. The molecule has 3 heteroatoms. The van der Waals surface area contributed by atoms with Gasteiger partial charge in [0.05, 0.1) is 10.0 Å². The molecule has 0 amide bonds. The number of nitrogens with one attached hydrogen (secondary N) is 1. The molecule has 0 unspecified atom stereocenters. The van der Waals surface area contributed by atoms with Crippen molar-refractivity contribution in [1.82, 2.24) is 5.32 Å². The second-order valence-electron chi connectivity index (χ2n) is 4.41. The van der Waals surface area contributed by atoms with E-state index in [9.17, 15) is 0 Å². The first-order chi connectivity index (χ1) is 7.56. The summed E-state index contributed by atoms with van der Waals surface area (Å²) < 4.78 is 0. The summed E-state index contributed by atoms with van der Waals surface area (Å²) >= 11 is 12.2. The Kier molecular flexibility index (Phi) is 5.60. The van der Waals surface area contributed by atoms with Crippen molar-refractivity contribution >= 4 is 23.2 Å². The molecule has 0 radical (unpaired) electrons. The van der Waals surface area contributed by atoms with Gasteiger partial charge in [0.1, 0.15) is 0 Å². The fourth-order valence-corrected chi connectivity index (χ4v) is 2.08. The largest absolute Gasteiger partial charge is 0.310 e. The van der Waals surface area contributed by atoms with Gasteiger partial charge in [0.2, 0.25) is 0 Å². The van der Waals surface area contributed by atoms with Gasteiger partial charge in [0.15, 0.2) is 0 Å². The van der Waals surface area contributed by atoms with Crippen LogP contribution in [0.3, 0.4) is 0 Å². The Morgan fingerprint density at radius 3 is 2.50 bits per heavy atom. The van der Waals surface area contributed by atoms with E-state index in [-0.39, 0.29) is 6.04 Å². The Morgan fingerprint density at radius 2 is 1.94 bits per heavy atom. The van der Waals surface area contributed by atoms with Crippen molar-refractivity contribution in [2.24, 2.45) is 5.92 Å². The normalized spacial score (nSPS) is 13.1. The van der Waals surface area contributed by atoms with E-state index in [1.807, 2.05) is 18.2 Å². The Morgan fingerprint density at radius 1 is 1.25 bits per heavy atom. The predicted molar refractivity (Wildman–Crippen MR) is 72.3 cm³/mol. The smallest absolute Gasteiger partial charge is 0.0640 e. The quantitative estimate of drug-likeness (QED) is 0.809. The average Bonchev–Trinajstić information content (AvgIpc) is 2.24. The van der Waals surface area contributed by atoms with Crippen molar-refractivity contribution in [3.8, 4) is 0 Å². The van der Waals surface area contributed by atoms with Gasteiger partial charge in [-0.3, -0.25) is 0 Å². The number of halogens is 2. The first kappa shape index (κ1) is 13.8. The molecule has 0 heterocycles. The van der Waals surface area contributed by atoms with E-state index in [2.05, 4.69) is 26.1 Å². The van der Waals surface area contributed by atoms with Gasteiger partial charge in [-0.25, -0.2) is 0 Å². The van der Waals surface area contributed by atoms with E-state index in [4.69, 9.17) is 23.2 Å². The molecular weight excluding hydrogens is 241 g/mol. The molecule has 1 aromatic rings. The monoisotopic (exact) mass is 259 g/mol. The Bertz CT molecular complexity index is 337. The van der Waals surface area contributed by atoms with Gasteiger partial charge in [-0.1, -0.05) is 56.1 Å². The number of benzene rings is 1. The second-order valence-corrected chi connectivity index (χ2v) is 5.19. The molecule has 16 heavy (non-hydrogen) atoms. The number of hydrogen-bond acceptors (Lipinski definition) is 1. The van der Waals surface area contributed by atoms with Gasteiger partial charge in [0.25, 0.3) is 0 Å². The topological polar surface area (TPSA) is 12.0 Å². The fraction of sp³-hybridized carbons (Fsp3) is 0.538. The van der Waals surface area contributed by atoms with E-state index in [0.29, 0.717) is 16.0 Å². The molecule has 0 fully saturated rings. The van der Waals surface area contributed by atoms with Crippen LogP contribution >= 0.6 is 23.2 Å². The third-order valence-electron chi connectivity index (χ3n) is 2.54. The van der Waals surface area contributed by atoms with Crippen molar-refractivity contribution in [3.05, 3.63) is 33.8 Å². The van der Waals surface area contributed by atoms with Crippen LogP contribution in [-0.4, -0.2) is 6.54 Å². The Hall–Kier alpha value is -0.240. The summed E-state index contributed by atoms with van der Waals surface area (Å²) in [6, 6.07) is 6.09. The van der Waals surface area contributed by atoms with Crippen LogP contribution in [0.5, 0.6) is 0 Å². The summed E-state index contributed by atoms with van der Waals surface area (Å²) in [5, 5.41) is 4.81. The van der Waals surface area contributed by atoms with Crippen LogP contribution in [0, 0.1) is 5.92 Å². The lowest BCUT2D eigenvalue weighted by atomic mass is 10.0. The van der Waals surface area contributed by atoms with E-state index in [0.717, 1.165) is 18.5 Å². The second kappa shape index (κ2) is 6.48. The molecule has 1 aromatic carbocycles. The molecule has 0 aromatic heterocycles. The van der Waals surface area contributed by atoms with Gasteiger partial charge in [-0.2, -0.15) is 0 Å². The van der Waals surface area contributed by atoms with Crippen LogP contribution in [0.4, 0.5) is 0 Å². The van der Waals surface area contributed by atoms with Gasteiger partial charge < -0.3 is 5.32 Å². The number of hydrogen-bond donors (Lipinski definition) is 1. The SMILES string of the molecule is CC[C@@H](NCC(C)C)c1cccc(Cl)c1Cl. The molecule has 0 bridgehead atoms. The predicted octanol–water partition coefficient (Wildman–Crippen LogP) is 4.69. The zero-order valence-corrected chi connectivity index (χ0v) is 11.6. The molecule has 0 aliphatic carbocycles. The minimum absolute atomic E-state index is 0.286. The minimum Gasteiger partial charge on any atom is -0.310 e. The van der Waals surface area contributed by atoms with Gasteiger partial charge >= 0.3 is 0 Å². The average molecular weight is 260 g/mol. The van der Waals surface area contributed by atoms with Gasteiger partial charge in [-0.15, -0.1) is 0 Å². The summed E-state index contributed by atoms with van der Waals surface area (Å²) in [7, 11) is 0. The van der Waals surface area contributed by atoms with Crippen molar-refractivity contribution in [2.75, 3.05) is 6.54 Å². The van der Waals surface area contributed by atoms with E-state index in [1.165, 1.54) is 0 Å². The standard InChI is InChI=1S/C13H19Cl2N/c1-4-12(16-8-9(2)3)10-6-5-7-11(14)13(10)15/h5-7,9,12,16H,4,8H2,1-3H3/t12-/m1/s1. The molecule has 0 saturated heterocycles. The van der Waals surface area contributed by atoms with Crippen LogP contribution in [0.25, 0.3) is 0 Å². The molecular formula is C13H19Cl2N. The highest BCUT2D eigenvalue weighted by molar-refractivity contribution is 6.42. The minimum atomic E-state index is 0.286. The molecule has 1 N–H and O–H groups in total. The van der Waals surface area contributed by atoms with Crippen LogP contribution in [-0.2, 0) is 0 Å². The molecule has 0 saturated carbocycles. The van der Waals surface area contributed by atoms with Crippen molar-refractivity contribution < 1.29 is 0 Å². The highest BCUT2D eigenvalue weighted by Gasteiger charge is 2.14. The highest BCUT2D eigenvalue weighted by Crippen LogP contribution is 2.31. The zero-order chi connectivity index (χ0) is 12.1. The number of rotatable bonds is 5. The van der Waals surface area contributed by atoms with E-state index in [1.54, 1.807) is 0 Å². The maximum atomic E-state index is 6.21. The van der Waals surface area contributed by atoms with Crippen molar-refractivity contribution in [3.63, 3.8) is 0 Å². The third-order valence-corrected chi connectivity index (χ3v) is 3.37. The maximum Gasteiger partial charge on any atom is 0.0640 e. The van der Waals surface area contributed by atoms with Crippen LogP contribution in [0.2, 0.25) is 10.0 Å². The summed E-state index contributed by atoms with van der Waals surface area (Å²) in [5.41, 5.74) is 1.09. The fourth-order valence-electron chi connectivity index (χ4n) is 1.64. The van der Waals surface area contributed by atoms with Crippen molar-refractivity contribution in [1.29, 1.82) is 0 Å². The van der Waals surface area contributed by atoms with Crippen LogP contribution in [0.15, 0.2) is 18.2 Å². The first-order valence-electron chi connectivity index (χ1n) is 5.73. The maximum absolute atomic E-state index is 6.21. The van der Waals surface area contributed by atoms with Crippen molar-refractivity contribution in [2.45, 2.75) is 33.2 Å². The Labute approximate surface area is 108 Å². The molecule has 90 valence electrons. The molecule has 0 aliphatic rings. The summed E-state index contributed by atoms with van der Waals surface area (Å²) in [5.74, 6) is 0.631. The zero-order valence-electron chi connectivity index (χ0n) is 10.1. The third kappa shape index (κ3) is 3.65. The van der Waals surface area contributed by atoms with E-state index < -0.39 is 0 Å². The van der Waals surface area contributed by atoms with Gasteiger partial charge in [-0.05, 0) is 30.5 Å². The summed E-state index contributed by atoms with van der Waals surface area (Å²) in [4.78, 5) is 0. The molecule has 0 spiro atoms. The molecule has 1 nitrogen and oxygen atoms in total.